The molecule has 0 spiro atoms. The van der Waals surface area contributed by atoms with Crippen LogP contribution in [-0.2, 0) is 4.79 Å². The van der Waals surface area contributed by atoms with Crippen molar-refractivity contribution in [2.75, 3.05) is 24.4 Å². The first-order valence-electron chi connectivity index (χ1n) is 10.9. The van der Waals surface area contributed by atoms with Gasteiger partial charge in [0.05, 0.1) is 25.9 Å². The number of amides is 1. The van der Waals surface area contributed by atoms with Crippen LogP contribution >= 0.6 is 12.2 Å². The van der Waals surface area contributed by atoms with Gasteiger partial charge in [0.25, 0.3) is 0 Å². The highest BCUT2D eigenvalue weighted by Gasteiger charge is 2.59. The van der Waals surface area contributed by atoms with E-state index in [-0.39, 0.29) is 11.9 Å². The van der Waals surface area contributed by atoms with Crippen LogP contribution in [0.25, 0.3) is 0 Å². The number of methoxy groups -OCH3 is 2. The van der Waals surface area contributed by atoms with Gasteiger partial charge in [0.1, 0.15) is 23.2 Å². The van der Waals surface area contributed by atoms with E-state index in [0.717, 1.165) is 5.56 Å². The first-order chi connectivity index (χ1) is 16.5. The van der Waals surface area contributed by atoms with Gasteiger partial charge in [-0.15, -0.1) is 0 Å². The summed E-state index contributed by atoms with van der Waals surface area (Å²) >= 11 is 5.80. The Morgan fingerprint density at radius 2 is 1.74 bits per heavy atom. The Balaban J connectivity index is 1.60. The second kappa shape index (κ2) is 8.53. The van der Waals surface area contributed by atoms with E-state index in [1.807, 2.05) is 72.5 Å². The molecule has 1 saturated heterocycles. The van der Waals surface area contributed by atoms with E-state index in [2.05, 4.69) is 10.6 Å². The van der Waals surface area contributed by atoms with E-state index in [1.165, 1.54) is 0 Å². The summed E-state index contributed by atoms with van der Waals surface area (Å²) in [5.41, 5.74) is 1.15. The maximum atomic E-state index is 13.8. The molecule has 2 N–H and O–H groups in total. The lowest BCUT2D eigenvalue weighted by atomic mass is 9.78. The second-order valence-corrected chi connectivity index (χ2v) is 8.71. The van der Waals surface area contributed by atoms with Crippen molar-refractivity contribution in [2.45, 2.75) is 18.7 Å². The van der Waals surface area contributed by atoms with E-state index in [9.17, 15) is 4.79 Å². The van der Waals surface area contributed by atoms with Crippen LogP contribution in [-0.4, -0.2) is 31.0 Å². The lowest BCUT2D eigenvalue weighted by Crippen LogP contribution is -2.72. The summed E-state index contributed by atoms with van der Waals surface area (Å²) in [6.45, 7) is 1.90. The summed E-state index contributed by atoms with van der Waals surface area (Å²) < 4.78 is 17.4. The second-order valence-electron chi connectivity index (χ2n) is 8.32. The average molecular weight is 476 g/mol. The van der Waals surface area contributed by atoms with Gasteiger partial charge in [-0.3, -0.25) is 9.69 Å². The Kier molecular flexibility index (Phi) is 5.53. The Bertz CT molecular complexity index is 1250. The quantitative estimate of drug-likeness (QED) is 0.527. The van der Waals surface area contributed by atoms with Crippen LogP contribution in [0.1, 0.15) is 18.5 Å². The molecule has 1 amide bonds. The van der Waals surface area contributed by atoms with Gasteiger partial charge in [-0.1, -0.05) is 30.3 Å². The third-order valence-electron chi connectivity index (χ3n) is 6.37. The molecule has 2 aliphatic heterocycles. The number of anilines is 2. The fraction of sp³-hybridized carbons (Fsp3) is 0.231. The highest BCUT2D eigenvalue weighted by atomic mass is 32.1. The molecule has 7 nitrogen and oxygen atoms in total. The number of benzene rings is 3. The number of carbonyl (C=O) groups is 1. The fourth-order valence-corrected chi connectivity index (χ4v) is 5.21. The number of hydrogen-bond donors (Lipinski definition) is 2. The summed E-state index contributed by atoms with van der Waals surface area (Å²) in [7, 11) is 3.21. The van der Waals surface area contributed by atoms with Gasteiger partial charge in [0.15, 0.2) is 10.8 Å². The Hall–Kier alpha value is -3.78. The predicted octanol–water partition coefficient (Wildman–Crippen LogP) is 4.50. The van der Waals surface area contributed by atoms with Gasteiger partial charge in [-0.2, -0.15) is 0 Å². The molecule has 34 heavy (non-hydrogen) atoms. The summed E-state index contributed by atoms with van der Waals surface area (Å²) in [6.07, 6.45) is 0. The number of para-hydroxylation sites is 3. The molecule has 2 bridgehead atoms. The molecule has 2 heterocycles. The van der Waals surface area contributed by atoms with Crippen molar-refractivity contribution in [3.05, 3.63) is 78.4 Å². The maximum Gasteiger partial charge on any atom is 0.236 e. The molecular formula is C26H25N3O4S. The summed E-state index contributed by atoms with van der Waals surface area (Å²) in [5, 5.41) is 6.91. The lowest BCUT2D eigenvalue weighted by molar-refractivity contribution is -0.130. The van der Waals surface area contributed by atoms with Gasteiger partial charge in [-0.25, -0.2) is 0 Å². The number of rotatable bonds is 5. The average Bonchev–Trinajstić information content (AvgIpc) is 2.84. The Morgan fingerprint density at radius 1 is 1.03 bits per heavy atom. The predicted molar refractivity (Wildman–Crippen MR) is 135 cm³/mol. The van der Waals surface area contributed by atoms with Crippen LogP contribution in [0.3, 0.4) is 0 Å². The van der Waals surface area contributed by atoms with Gasteiger partial charge in [0, 0.05) is 11.3 Å². The van der Waals surface area contributed by atoms with Gasteiger partial charge in [0.2, 0.25) is 5.91 Å². The maximum absolute atomic E-state index is 13.8. The molecule has 1 fully saturated rings. The highest BCUT2D eigenvalue weighted by Crippen LogP contribution is 2.50. The molecule has 0 aromatic heterocycles. The molecular weight excluding hydrogens is 450 g/mol. The van der Waals surface area contributed by atoms with Crippen molar-refractivity contribution in [3.8, 4) is 17.2 Å². The topological polar surface area (TPSA) is 72.1 Å². The molecule has 174 valence electrons. The molecule has 0 radical (unpaired) electrons. The first-order valence-corrected chi connectivity index (χ1v) is 11.3. The van der Waals surface area contributed by atoms with E-state index in [0.29, 0.717) is 33.7 Å². The van der Waals surface area contributed by atoms with Gasteiger partial charge in [-0.05, 0) is 61.6 Å². The standard InChI is InChI=1S/C26H25N3O4S/c1-26-22(24(30)27-16-12-14-17(31-2)15-13-16)23(18-8-4-6-10-20(18)33-26)28-25(34)29(26)19-9-5-7-11-21(19)32-3/h4-15,22-23H,1-3H3,(H,27,30)(H,28,34)/t22-,23-,26-/m1/s1. The SMILES string of the molecule is COc1ccc(NC(=O)[C@H]2[C@@H]3NC(=S)N(c4ccccc4OC)[C@]2(C)Oc2ccccc23)cc1. The van der Waals surface area contributed by atoms with E-state index in [1.54, 1.807) is 26.4 Å². The molecule has 2 aliphatic rings. The molecule has 3 atom stereocenters. The van der Waals surface area contributed by atoms with E-state index < -0.39 is 11.6 Å². The zero-order valence-electron chi connectivity index (χ0n) is 19.1. The zero-order valence-corrected chi connectivity index (χ0v) is 19.9. The third kappa shape index (κ3) is 3.51. The van der Waals surface area contributed by atoms with Crippen LogP contribution in [0.15, 0.2) is 72.8 Å². The van der Waals surface area contributed by atoms with Crippen molar-refractivity contribution in [1.29, 1.82) is 0 Å². The first kappa shape index (κ1) is 22.0. The van der Waals surface area contributed by atoms with Gasteiger partial charge < -0.3 is 24.8 Å². The van der Waals surface area contributed by atoms with E-state index >= 15 is 0 Å². The number of ether oxygens (including phenoxy) is 3. The van der Waals surface area contributed by atoms with Crippen LogP contribution in [0.5, 0.6) is 17.2 Å². The summed E-state index contributed by atoms with van der Waals surface area (Å²) in [6, 6.07) is 22.1. The smallest absolute Gasteiger partial charge is 0.236 e. The minimum absolute atomic E-state index is 0.193. The minimum Gasteiger partial charge on any atom is -0.497 e. The normalized spacial score (nSPS) is 22.7. The molecule has 3 aromatic carbocycles. The number of hydrogen-bond acceptors (Lipinski definition) is 5. The number of fused-ring (bicyclic) bond motifs is 4. The summed E-state index contributed by atoms with van der Waals surface area (Å²) in [4.78, 5) is 15.7. The van der Waals surface area contributed by atoms with Crippen molar-refractivity contribution >= 4 is 34.6 Å². The largest absolute Gasteiger partial charge is 0.497 e. The number of nitrogens with one attached hydrogen (secondary N) is 2. The molecule has 8 heteroatoms. The Labute approximate surface area is 203 Å². The van der Waals surface area contributed by atoms with Crippen molar-refractivity contribution in [2.24, 2.45) is 5.92 Å². The van der Waals surface area contributed by atoms with E-state index in [4.69, 9.17) is 26.4 Å². The molecule has 0 saturated carbocycles. The van der Waals surface area contributed by atoms with Crippen LogP contribution in [0.2, 0.25) is 0 Å². The molecule has 3 aromatic rings. The van der Waals surface area contributed by atoms with Gasteiger partial charge >= 0.3 is 0 Å². The number of nitrogens with zero attached hydrogens (tertiary/aromatic N) is 1. The number of carbonyl (C=O) groups excluding carboxylic acids is 1. The van der Waals surface area contributed by atoms with Crippen LogP contribution in [0.4, 0.5) is 11.4 Å². The third-order valence-corrected chi connectivity index (χ3v) is 6.67. The fourth-order valence-electron chi connectivity index (χ4n) is 4.80. The molecule has 5 rings (SSSR count). The van der Waals surface area contributed by atoms with Crippen molar-refractivity contribution in [1.82, 2.24) is 5.32 Å². The lowest BCUT2D eigenvalue weighted by Gasteiger charge is -2.56. The highest BCUT2D eigenvalue weighted by molar-refractivity contribution is 7.80. The number of thiocarbonyl (C=S) groups is 1. The van der Waals surface area contributed by atoms with Crippen molar-refractivity contribution < 1.29 is 19.0 Å². The molecule has 0 unspecified atom stereocenters. The monoisotopic (exact) mass is 475 g/mol. The Morgan fingerprint density at radius 3 is 2.47 bits per heavy atom. The van der Waals surface area contributed by atoms with Crippen molar-refractivity contribution in [3.63, 3.8) is 0 Å². The van der Waals surface area contributed by atoms with Crippen LogP contribution < -0.4 is 29.7 Å². The summed E-state index contributed by atoms with van der Waals surface area (Å²) in [5.74, 6) is 1.22. The van der Waals surface area contributed by atoms with Crippen LogP contribution in [0, 0.1) is 5.92 Å². The minimum atomic E-state index is -1.12. The zero-order chi connectivity index (χ0) is 23.9. The molecule has 0 aliphatic carbocycles.